The lowest BCUT2D eigenvalue weighted by atomic mass is 10.2. The lowest BCUT2D eigenvalue weighted by Gasteiger charge is -2.11. The van der Waals surface area contributed by atoms with E-state index in [1.54, 1.807) is 0 Å². The SMILES string of the molecule is Nc1cc(S(N)(=O)=O)ccc1Nc1cc(Cl)ccc1F. The molecule has 0 radical (unpaired) electrons. The highest BCUT2D eigenvalue weighted by molar-refractivity contribution is 7.89. The number of sulfonamides is 1. The van der Waals surface area contributed by atoms with Crippen LogP contribution in [0.2, 0.25) is 5.02 Å². The van der Waals surface area contributed by atoms with Gasteiger partial charge in [-0.1, -0.05) is 11.6 Å². The minimum Gasteiger partial charge on any atom is -0.397 e. The number of nitrogen functional groups attached to an aromatic ring is 1. The molecule has 2 rings (SSSR count). The standard InChI is InChI=1S/C12H11ClFN3O2S/c13-7-1-3-9(14)12(5-7)17-11-4-2-8(6-10(11)15)20(16,18)19/h1-6,17H,15H2,(H2,16,18,19). The van der Waals surface area contributed by atoms with Crippen molar-refractivity contribution in [3.05, 3.63) is 47.2 Å². The van der Waals surface area contributed by atoms with E-state index in [1.165, 1.54) is 36.4 Å². The molecule has 2 aromatic carbocycles. The van der Waals surface area contributed by atoms with Crippen LogP contribution in [-0.4, -0.2) is 8.42 Å². The molecule has 0 aliphatic carbocycles. The van der Waals surface area contributed by atoms with Crippen LogP contribution in [0.25, 0.3) is 0 Å². The second-order valence-corrected chi connectivity index (χ2v) is 6.04. The number of rotatable bonds is 3. The minimum absolute atomic E-state index is 0.118. The Labute approximate surface area is 120 Å². The second-order valence-electron chi connectivity index (χ2n) is 4.04. The third kappa shape index (κ3) is 3.19. The quantitative estimate of drug-likeness (QED) is 0.758. The average Bonchev–Trinajstić information content (AvgIpc) is 2.35. The molecule has 5 nitrogen and oxygen atoms in total. The molecule has 0 aromatic heterocycles. The maximum Gasteiger partial charge on any atom is 0.238 e. The lowest BCUT2D eigenvalue weighted by molar-refractivity contribution is 0.598. The fraction of sp³-hybridized carbons (Fsp3) is 0. The molecule has 0 fully saturated rings. The first-order valence-corrected chi connectivity index (χ1v) is 7.34. The maximum absolute atomic E-state index is 13.6. The van der Waals surface area contributed by atoms with Crippen LogP contribution in [0.15, 0.2) is 41.3 Å². The Morgan fingerprint density at radius 3 is 2.40 bits per heavy atom. The molecular weight excluding hydrogens is 305 g/mol. The molecule has 20 heavy (non-hydrogen) atoms. The molecule has 106 valence electrons. The summed E-state index contributed by atoms with van der Waals surface area (Å²) in [6.07, 6.45) is 0. The summed E-state index contributed by atoms with van der Waals surface area (Å²) in [4.78, 5) is -0.118. The molecule has 8 heteroatoms. The molecule has 5 N–H and O–H groups in total. The van der Waals surface area contributed by atoms with Crippen LogP contribution in [0.1, 0.15) is 0 Å². The van der Waals surface area contributed by atoms with Crippen LogP contribution in [0, 0.1) is 5.82 Å². The van der Waals surface area contributed by atoms with Gasteiger partial charge < -0.3 is 11.1 Å². The van der Waals surface area contributed by atoms with Crippen LogP contribution in [0.5, 0.6) is 0 Å². The van der Waals surface area contributed by atoms with Crippen molar-refractivity contribution in [3.63, 3.8) is 0 Å². The van der Waals surface area contributed by atoms with Crippen LogP contribution in [-0.2, 0) is 10.0 Å². The van der Waals surface area contributed by atoms with E-state index >= 15 is 0 Å². The van der Waals surface area contributed by atoms with Crippen molar-refractivity contribution >= 4 is 38.7 Å². The summed E-state index contributed by atoms with van der Waals surface area (Å²) in [5.41, 5.74) is 6.32. The van der Waals surface area contributed by atoms with E-state index in [2.05, 4.69) is 5.32 Å². The Morgan fingerprint density at radius 1 is 1.10 bits per heavy atom. The van der Waals surface area contributed by atoms with Crippen molar-refractivity contribution < 1.29 is 12.8 Å². The summed E-state index contributed by atoms with van der Waals surface area (Å²) in [5.74, 6) is -0.510. The van der Waals surface area contributed by atoms with E-state index in [0.29, 0.717) is 10.7 Å². The number of anilines is 3. The third-order valence-electron chi connectivity index (χ3n) is 2.55. The molecule has 0 amide bonds. The summed E-state index contributed by atoms with van der Waals surface area (Å²) in [7, 11) is -3.83. The van der Waals surface area contributed by atoms with Gasteiger partial charge in [0.1, 0.15) is 5.82 Å². The Hall–Kier alpha value is -1.83. The lowest BCUT2D eigenvalue weighted by Crippen LogP contribution is -2.12. The monoisotopic (exact) mass is 315 g/mol. The highest BCUT2D eigenvalue weighted by Crippen LogP contribution is 2.28. The van der Waals surface area contributed by atoms with Crippen molar-refractivity contribution in [2.24, 2.45) is 5.14 Å². The summed E-state index contributed by atoms with van der Waals surface area (Å²) >= 11 is 5.77. The molecule has 0 saturated heterocycles. The number of nitrogens with one attached hydrogen (secondary N) is 1. The van der Waals surface area contributed by atoms with Gasteiger partial charge in [0, 0.05) is 5.02 Å². The molecule has 0 saturated carbocycles. The zero-order valence-electron chi connectivity index (χ0n) is 10.1. The highest BCUT2D eigenvalue weighted by atomic mass is 35.5. The van der Waals surface area contributed by atoms with Crippen molar-refractivity contribution in [1.82, 2.24) is 0 Å². The number of benzene rings is 2. The first-order chi connectivity index (χ1) is 9.27. The van der Waals surface area contributed by atoms with Crippen LogP contribution >= 0.6 is 11.6 Å². The van der Waals surface area contributed by atoms with Gasteiger partial charge in [-0.05, 0) is 36.4 Å². The summed E-state index contributed by atoms with van der Waals surface area (Å²) in [6, 6.07) is 7.88. The molecule has 0 aliphatic heterocycles. The number of hydrogen-bond donors (Lipinski definition) is 3. The molecule has 0 spiro atoms. The Morgan fingerprint density at radius 2 is 1.80 bits per heavy atom. The van der Waals surface area contributed by atoms with E-state index in [-0.39, 0.29) is 16.3 Å². The zero-order valence-corrected chi connectivity index (χ0v) is 11.7. The van der Waals surface area contributed by atoms with E-state index in [4.69, 9.17) is 22.5 Å². The number of nitrogens with two attached hydrogens (primary N) is 2. The first kappa shape index (κ1) is 14.6. The van der Waals surface area contributed by atoms with Gasteiger partial charge in [0.05, 0.1) is 22.0 Å². The van der Waals surface area contributed by atoms with Gasteiger partial charge >= 0.3 is 0 Å². The maximum atomic E-state index is 13.6. The van der Waals surface area contributed by atoms with Crippen molar-refractivity contribution in [1.29, 1.82) is 0 Å². The smallest absolute Gasteiger partial charge is 0.238 e. The fourth-order valence-electron chi connectivity index (χ4n) is 1.57. The van der Waals surface area contributed by atoms with E-state index in [9.17, 15) is 12.8 Å². The third-order valence-corrected chi connectivity index (χ3v) is 3.70. The van der Waals surface area contributed by atoms with Gasteiger partial charge in [0.25, 0.3) is 0 Å². The van der Waals surface area contributed by atoms with Crippen LogP contribution < -0.4 is 16.2 Å². The minimum atomic E-state index is -3.83. The van der Waals surface area contributed by atoms with Crippen molar-refractivity contribution in [2.45, 2.75) is 4.90 Å². The molecule has 0 heterocycles. The topological polar surface area (TPSA) is 98.2 Å². The van der Waals surface area contributed by atoms with Gasteiger partial charge in [-0.2, -0.15) is 0 Å². The van der Waals surface area contributed by atoms with Crippen LogP contribution in [0.4, 0.5) is 21.5 Å². The van der Waals surface area contributed by atoms with E-state index < -0.39 is 15.8 Å². The summed E-state index contributed by atoms with van der Waals surface area (Å²) < 4.78 is 35.9. The molecule has 0 aliphatic rings. The molecule has 0 bridgehead atoms. The number of primary sulfonamides is 1. The number of hydrogen-bond acceptors (Lipinski definition) is 4. The zero-order chi connectivity index (χ0) is 14.9. The van der Waals surface area contributed by atoms with Gasteiger partial charge in [0.2, 0.25) is 10.0 Å². The van der Waals surface area contributed by atoms with Crippen molar-refractivity contribution in [3.8, 4) is 0 Å². The Balaban J connectivity index is 2.38. The number of halogens is 2. The normalized spacial score (nSPS) is 11.3. The Kier molecular flexibility index (Phi) is 3.85. The van der Waals surface area contributed by atoms with Crippen molar-refractivity contribution in [2.75, 3.05) is 11.1 Å². The van der Waals surface area contributed by atoms with E-state index in [0.717, 1.165) is 0 Å². The van der Waals surface area contributed by atoms with Gasteiger partial charge in [-0.15, -0.1) is 0 Å². The largest absolute Gasteiger partial charge is 0.397 e. The molecule has 0 atom stereocenters. The summed E-state index contributed by atoms with van der Waals surface area (Å²) in [6.45, 7) is 0. The summed E-state index contributed by atoms with van der Waals surface area (Å²) in [5, 5.41) is 8.09. The molecular formula is C12H11ClFN3O2S. The van der Waals surface area contributed by atoms with Crippen LogP contribution in [0.3, 0.4) is 0 Å². The highest BCUT2D eigenvalue weighted by Gasteiger charge is 2.11. The van der Waals surface area contributed by atoms with Gasteiger partial charge in [0.15, 0.2) is 0 Å². The van der Waals surface area contributed by atoms with Gasteiger partial charge in [-0.3, -0.25) is 0 Å². The molecule has 2 aromatic rings. The Bertz CT molecular complexity index is 765. The van der Waals surface area contributed by atoms with Gasteiger partial charge in [-0.25, -0.2) is 17.9 Å². The van der Waals surface area contributed by atoms with E-state index in [1.807, 2.05) is 0 Å². The predicted octanol–water partition coefficient (Wildman–Crippen LogP) is 2.45. The first-order valence-electron chi connectivity index (χ1n) is 5.42. The average molecular weight is 316 g/mol. The second kappa shape index (κ2) is 5.28. The predicted molar refractivity (Wildman–Crippen MR) is 76.9 cm³/mol. The molecule has 0 unspecified atom stereocenters. The fourth-order valence-corrected chi connectivity index (χ4v) is 2.29.